The molecule has 0 aliphatic heterocycles. The molecule has 1 unspecified atom stereocenters. The van der Waals surface area contributed by atoms with Crippen molar-refractivity contribution in [3.8, 4) is 0 Å². The molecule has 6 heteroatoms. The fourth-order valence-electron chi connectivity index (χ4n) is 2.05. The van der Waals surface area contributed by atoms with Gasteiger partial charge >= 0.3 is 0 Å². The molecule has 1 atom stereocenters. The standard InChI is InChI=1S/C15H19N3OS2/c1-4-21-12-7-5-6-11(13(12)14(16)20)18-10(3)15-17-8-9(2)19-15/h5-8,10,18H,4H2,1-3H3,(H2,16,20). The number of aryl methyl sites for hydroxylation is 1. The number of nitrogens with zero attached hydrogens (tertiary/aromatic N) is 1. The van der Waals surface area contributed by atoms with Gasteiger partial charge in [0.2, 0.25) is 5.89 Å². The Morgan fingerprint density at radius 3 is 2.86 bits per heavy atom. The summed E-state index contributed by atoms with van der Waals surface area (Å²) in [6, 6.07) is 5.94. The van der Waals surface area contributed by atoms with E-state index in [2.05, 4.69) is 17.2 Å². The number of hydrogen-bond acceptors (Lipinski definition) is 5. The molecule has 21 heavy (non-hydrogen) atoms. The van der Waals surface area contributed by atoms with Gasteiger partial charge in [-0.2, -0.15) is 0 Å². The number of anilines is 1. The van der Waals surface area contributed by atoms with E-state index in [1.807, 2.05) is 32.0 Å². The van der Waals surface area contributed by atoms with Crippen molar-refractivity contribution in [2.45, 2.75) is 31.7 Å². The van der Waals surface area contributed by atoms with Crippen molar-refractivity contribution in [3.05, 3.63) is 41.6 Å². The Balaban J connectivity index is 2.30. The minimum atomic E-state index is -0.0614. The predicted molar refractivity (Wildman–Crippen MR) is 92.0 cm³/mol. The third-order valence-electron chi connectivity index (χ3n) is 2.95. The molecule has 1 aromatic carbocycles. The van der Waals surface area contributed by atoms with Crippen LogP contribution in [0.3, 0.4) is 0 Å². The molecule has 0 saturated heterocycles. The van der Waals surface area contributed by atoms with E-state index < -0.39 is 0 Å². The van der Waals surface area contributed by atoms with Crippen LogP contribution in [-0.2, 0) is 0 Å². The quantitative estimate of drug-likeness (QED) is 0.621. The van der Waals surface area contributed by atoms with Crippen LogP contribution in [-0.4, -0.2) is 15.7 Å². The minimum Gasteiger partial charge on any atom is -0.444 e. The second-order valence-corrected chi connectivity index (χ2v) is 6.40. The van der Waals surface area contributed by atoms with E-state index in [1.54, 1.807) is 18.0 Å². The number of thioether (sulfide) groups is 1. The van der Waals surface area contributed by atoms with E-state index in [4.69, 9.17) is 22.4 Å². The van der Waals surface area contributed by atoms with Crippen LogP contribution < -0.4 is 11.1 Å². The summed E-state index contributed by atoms with van der Waals surface area (Å²) in [5.41, 5.74) is 7.69. The van der Waals surface area contributed by atoms with Gasteiger partial charge in [0.05, 0.1) is 6.20 Å². The van der Waals surface area contributed by atoms with Crippen molar-refractivity contribution in [1.29, 1.82) is 0 Å². The molecule has 1 heterocycles. The molecule has 0 radical (unpaired) electrons. The van der Waals surface area contributed by atoms with Crippen molar-refractivity contribution in [3.63, 3.8) is 0 Å². The Morgan fingerprint density at radius 1 is 1.52 bits per heavy atom. The van der Waals surface area contributed by atoms with Crippen LogP contribution in [0.1, 0.15) is 37.1 Å². The zero-order valence-electron chi connectivity index (χ0n) is 12.3. The average molecular weight is 321 g/mol. The number of nitrogens with one attached hydrogen (secondary N) is 1. The van der Waals surface area contributed by atoms with Gasteiger partial charge in [0.1, 0.15) is 16.8 Å². The molecule has 112 valence electrons. The van der Waals surface area contributed by atoms with E-state index in [0.29, 0.717) is 10.9 Å². The molecule has 0 amide bonds. The smallest absolute Gasteiger partial charge is 0.216 e. The second-order valence-electron chi connectivity index (χ2n) is 4.65. The Morgan fingerprint density at radius 2 is 2.29 bits per heavy atom. The molecule has 2 rings (SSSR count). The van der Waals surface area contributed by atoms with Crippen molar-refractivity contribution in [1.82, 2.24) is 4.98 Å². The Hall–Kier alpha value is -1.53. The van der Waals surface area contributed by atoms with Crippen LogP contribution in [0.4, 0.5) is 5.69 Å². The first-order chi connectivity index (χ1) is 10.0. The highest BCUT2D eigenvalue weighted by Crippen LogP contribution is 2.30. The predicted octanol–water partition coefficient (Wildman–Crippen LogP) is 3.90. The van der Waals surface area contributed by atoms with Crippen molar-refractivity contribution in [2.24, 2.45) is 5.73 Å². The molecule has 0 bridgehead atoms. The summed E-state index contributed by atoms with van der Waals surface area (Å²) < 4.78 is 5.55. The Labute approximate surface area is 134 Å². The monoisotopic (exact) mass is 321 g/mol. The number of oxazole rings is 1. The lowest BCUT2D eigenvalue weighted by atomic mass is 10.1. The maximum Gasteiger partial charge on any atom is 0.216 e. The highest BCUT2D eigenvalue weighted by molar-refractivity contribution is 7.99. The van der Waals surface area contributed by atoms with Gasteiger partial charge < -0.3 is 15.5 Å². The maximum atomic E-state index is 5.90. The third kappa shape index (κ3) is 3.77. The molecule has 0 fully saturated rings. The zero-order valence-corrected chi connectivity index (χ0v) is 14.0. The van der Waals surface area contributed by atoms with E-state index >= 15 is 0 Å². The van der Waals surface area contributed by atoms with Gasteiger partial charge in [-0.15, -0.1) is 11.8 Å². The SMILES string of the molecule is CCSc1cccc(NC(C)c2ncc(C)o2)c1C(N)=S. The molecule has 0 saturated carbocycles. The first-order valence-corrected chi connectivity index (χ1v) is 8.16. The molecular weight excluding hydrogens is 302 g/mol. The number of hydrogen-bond donors (Lipinski definition) is 2. The maximum absolute atomic E-state index is 5.90. The van der Waals surface area contributed by atoms with E-state index in [1.165, 1.54) is 0 Å². The van der Waals surface area contributed by atoms with Gasteiger partial charge in [-0.05, 0) is 31.7 Å². The number of aromatic nitrogens is 1. The summed E-state index contributed by atoms with van der Waals surface area (Å²) in [5.74, 6) is 2.41. The van der Waals surface area contributed by atoms with Crippen LogP contribution in [0.2, 0.25) is 0 Å². The van der Waals surface area contributed by atoms with Crippen LogP contribution in [0, 0.1) is 6.92 Å². The third-order valence-corrected chi connectivity index (χ3v) is 4.10. The number of rotatable bonds is 6. The second kappa shape index (κ2) is 6.95. The lowest BCUT2D eigenvalue weighted by Crippen LogP contribution is -2.16. The number of nitrogens with two attached hydrogens (primary N) is 1. The van der Waals surface area contributed by atoms with Gasteiger partial charge in [-0.25, -0.2) is 4.98 Å². The van der Waals surface area contributed by atoms with Crippen molar-refractivity contribution >= 4 is 34.7 Å². The van der Waals surface area contributed by atoms with E-state index in [9.17, 15) is 0 Å². The van der Waals surface area contributed by atoms with E-state index in [0.717, 1.165) is 27.7 Å². The zero-order chi connectivity index (χ0) is 15.4. The van der Waals surface area contributed by atoms with Crippen LogP contribution in [0.15, 0.2) is 33.7 Å². The lowest BCUT2D eigenvalue weighted by molar-refractivity contribution is 0.453. The van der Waals surface area contributed by atoms with Crippen LogP contribution in [0.5, 0.6) is 0 Å². The van der Waals surface area contributed by atoms with Crippen molar-refractivity contribution < 1.29 is 4.42 Å². The summed E-state index contributed by atoms with van der Waals surface area (Å²) in [4.78, 5) is 5.73. The van der Waals surface area contributed by atoms with Crippen LogP contribution in [0.25, 0.3) is 0 Å². The van der Waals surface area contributed by atoms with Gasteiger partial charge in [0.25, 0.3) is 0 Å². The van der Waals surface area contributed by atoms with Gasteiger partial charge in [0, 0.05) is 16.1 Å². The average Bonchev–Trinajstić information content (AvgIpc) is 2.86. The number of thiocarbonyl (C=S) groups is 1. The van der Waals surface area contributed by atoms with E-state index in [-0.39, 0.29) is 6.04 Å². The normalized spacial score (nSPS) is 12.1. The van der Waals surface area contributed by atoms with Gasteiger partial charge in [0.15, 0.2) is 0 Å². The summed E-state index contributed by atoms with van der Waals surface area (Å²) in [6.07, 6.45) is 1.71. The summed E-state index contributed by atoms with van der Waals surface area (Å²) >= 11 is 6.94. The largest absolute Gasteiger partial charge is 0.444 e. The van der Waals surface area contributed by atoms with Gasteiger partial charge in [-0.1, -0.05) is 25.2 Å². The molecule has 1 aromatic heterocycles. The van der Waals surface area contributed by atoms with Crippen LogP contribution >= 0.6 is 24.0 Å². The topological polar surface area (TPSA) is 64.1 Å². The summed E-state index contributed by atoms with van der Waals surface area (Å²) in [6.45, 7) is 5.97. The fraction of sp³-hybridized carbons (Fsp3) is 0.333. The highest BCUT2D eigenvalue weighted by atomic mass is 32.2. The highest BCUT2D eigenvalue weighted by Gasteiger charge is 2.16. The molecule has 4 nitrogen and oxygen atoms in total. The minimum absolute atomic E-state index is 0.0614. The molecule has 0 aliphatic carbocycles. The van der Waals surface area contributed by atoms with Gasteiger partial charge in [-0.3, -0.25) is 0 Å². The summed E-state index contributed by atoms with van der Waals surface area (Å²) in [7, 11) is 0. The first-order valence-electron chi connectivity index (χ1n) is 6.77. The molecule has 3 N–H and O–H groups in total. The van der Waals surface area contributed by atoms with Crippen molar-refractivity contribution in [2.75, 3.05) is 11.1 Å². The molecular formula is C15H19N3OS2. The Kier molecular flexibility index (Phi) is 5.25. The lowest BCUT2D eigenvalue weighted by Gasteiger charge is -2.17. The number of benzene rings is 1. The first kappa shape index (κ1) is 15.9. The molecule has 0 aliphatic rings. The molecule has 2 aromatic rings. The molecule has 0 spiro atoms. The fourth-order valence-corrected chi connectivity index (χ4v) is 3.18. The Bertz CT molecular complexity index is 640. The summed E-state index contributed by atoms with van der Waals surface area (Å²) in [5, 5.41) is 3.38.